The molecular weight excluding hydrogens is 1400 g/mol. The highest BCUT2D eigenvalue weighted by Gasteiger charge is 2.41. The summed E-state index contributed by atoms with van der Waals surface area (Å²) in [7, 11) is 0. The molecule has 35 nitrogen and oxygen atoms in total. The SMILES string of the molecule is CSCC[C@H](NC(=O)[C@H](CS)NC(=O)[C@@H](N)CCCN=C(N)N)C(=O)N[C@@H](CC(C)C)C(=O)NCC(=O)N[C@@H](CCCN=C(N)N)C(=O)N[C@H](C(=O)N[C@@H](Cc1ccccc1)C(=O)N[C@@H](CCCN=C(N)N)C(=O)N1CCC[C@H]1C(=O)N[C@@H](CS)C(=O)N[C@@H](Cc1ccc(O)cc1)C(=O)O)C(C)C. The number of nitrogens with two attached hydrogens (primary N) is 7. The van der Waals surface area contributed by atoms with Crippen molar-refractivity contribution in [2.75, 3.05) is 56.2 Å². The second-order valence-corrected chi connectivity index (χ2v) is 27.0. The molecule has 0 saturated carbocycles. The van der Waals surface area contributed by atoms with Crippen molar-refractivity contribution in [2.45, 2.75) is 171 Å². The zero-order valence-corrected chi connectivity index (χ0v) is 61.4. The van der Waals surface area contributed by atoms with Gasteiger partial charge in [0.1, 0.15) is 66.2 Å². The lowest BCUT2D eigenvalue weighted by atomic mass is 9.99. The van der Waals surface area contributed by atoms with Crippen LogP contribution in [0.3, 0.4) is 0 Å². The Morgan fingerprint density at radius 1 is 0.544 bits per heavy atom. The topological polar surface area (TPSA) is 588 Å². The lowest BCUT2D eigenvalue weighted by Crippen LogP contribution is -2.61. The molecule has 2 aromatic rings. The van der Waals surface area contributed by atoms with Crippen LogP contribution in [0.2, 0.25) is 0 Å². The molecule has 1 fully saturated rings. The number of rotatable bonds is 46. The minimum atomic E-state index is -1.44. The van der Waals surface area contributed by atoms with Gasteiger partial charge in [-0.05, 0) is 111 Å². The van der Waals surface area contributed by atoms with Crippen LogP contribution in [0.25, 0.3) is 0 Å². The number of likely N-dealkylation sites (tertiary alicyclic amines) is 1. The Morgan fingerprint density at radius 3 is 1.55 bits per heavy atom. The smallest absolute Gasteiger partial charge is 0.326 e. The maximum absolute atomic E-state index is 14.8. The number of nitrogens with zero attached hydrogens (tertiary/aromatic N) is 4. The third-order valence-electron chi connectivity index (χ3n) is 16.1. The molecule has 0 aromatic heterocycles. The number of carbonyl (C=O) groups excluding carboxylic acids is 11. The summed E-state index contributed by atoms with van der Waals surface area (Å²) >= 11 is 9.88. The number of amides is 11. The molecular formula is C65H105N21O14S3. The lowest BCUT2D eigenvalue weighted by molar-refractivity contribution is -0.143. The molecule has 1 saturated heterocycles. The van der Waals surface area contributed by atoms with Crippen LogP contribution in [0.15, 0.2) is 69.6 Å². The predicted molar refractivity (Wildman–Crippen MR) is 397 cm³/mol. The van der Waals surface area contributed by atoms with E-state index in [1.165, 1.54) is 40.9 Å². The monoisotopic (exact) mass is 1500 g/mol. The summed E-state index contributed by atoms with van der Waals surface area (Å²) < 4.78 is 0. The van der Waals surface area contributed by atoms with Crippen molar-refractivity contribution >= 4 is 126 Å². The van der Waals surface area contributed by atoms with Gasteiger partial charge in [0.2, 0.25) is 65.0 Å². The molecule has 1 heterocycles. The van der Waals surface area contributed by atoms with Crippen LogP contribution in [0.1, 0.15) is 103 Å². The third-order valence-corrected chi connectivity index (χ3v) is 17.5. The first-order chi connectivity index (χ1) is 48.8. The van der Waals surface area contributed by atoms with Crippen LogP contribution >= 0.6 is 37.0 Å². The Bertz CT molecular complexity index is 3230. The van der Waals surface area contributed by atoms with Crippen molar-refractivity contribution < 1.29 is 67.7 Å². The maximum atomic E-state index is 14.8. The van der Waals surface area contributed by atoms with Gasteiger partial charge in [-0.2, -0.15) is 37.0 Å². The summed E-state index contributed by atoms with van der Waals surface area (Å²) in [4.78, 5) is 180. The molecule has 103 heavy (non-hydrogen) atoms. The van der Waals surface area contributed by atoms with Crippen LogP contribution in [0, 0.1) is 11.8 Å². The van der Waals surface area contributed by atoms with Gasteiger partial charge in [-0.25, -0.2) is 4.79 Å². The van der Waals surface area contributed by atoms with E-state index in [9.17, 15) is 67.7 Å². The first-order valence-electron chi connectivity index (χ1n) is 33.8. The summed E-state index contributed by atoms with van der Waals surface area (Å²) in [5, 5.41) is 45.9. The van der Waals surface area contributed by atoms with Gasteiger partial charge in [-0.1, -0.05) is 70.2 Å². The summed E-state index contributed by atoms with van der Waals surface area (Å²) in [5.41, 5.74) is 40.2. The molecule has 0 spiro atoms. The van der Waals surface area contributed by atoms with E-state index < -0.39 is 150 Å². The number of nitrogens with one attached hydrogen (secondary N) is 10. The molecule has 11 atom stereocenters. The standard InChI is InChI=1S/C65H105N21O14S3/c1-35(2)29-44(80-54(91)42(23-28-103-5)78-57(94)47(33-101)83-52(89)40(66)15-9-24-73-63(67)68)53(90)76-32-50(88)77-41(16-10-25-74-64(69)70)55(92)85-51(36(3)4)60(97)81-45(30-37-13-7-6-8-14-37)56(93)79-43(17-11-26-75-65(71)72)61(98)86-27-12-18-49(86)59(96)84-48(34-102)58(95)82-46(62(99)100)31-38-19-21-39(87)22-20-38/h6-8,13-14,19-22,35-36,40-49,51,87,101-102H,9-12,15-18,23-34,66H2,1-5H3,(H,76,90)(H,77,88)(H,78,94)(H,79,93)(H,80,91)(H,81,97)(H,82,95)(H,83,89)(H,84,96)(H,85,92)(H,99,100)(H4,67,68,73)(H4,69,70,74)(H4,71,72,75)/t40-,41-,42-,43-,44-,45-,46-,47-,48-,49-,51-/m0/s1. The Balaban J connectivity index is 1.86. The first-order valence-corrected chi connectivity index (χ1v) is 36.4. The second kappa shape index (κ2) is 46.3. The number of hydrogen-bond acceptors (Lipinski definition) is 20. The highest BCUT2D eigenvalue weighted by atomic mass is 32.2. The van der Waals surface area contributed by atoms with Gasteiger partial charge in [0.15, 0.2) is 17.9 Å². The first kappa shape index (κ1) is 87.9. The average Bonchev–Trinajstić information content (AvgIpc) is 1.72. The number of aliphatic imine (C=N–C) groups is 3. The van der Waals surface area contributed by atoms with E-state index in [1.54, 1.807) is 64.3 Å². The van der Waals surface area contributed by atoms with Gasteiger partial charge in [0.25, 0.3) is 0 Å². The number of thiol groups is 2. The summed E-state index contributed by atoms with van der Waals surface area (Å²) in [6.07, 6.45) is 2.78. The van der Waals surface area contributed by atoms with Crippen molar-refractivity contribution in [3.63, 3.8) is 0 Å². The van der Waals surface area contributed by atoms with Crippen LogP contribution in [-0.2, 0) is 70.4 Å². The zero-order chi connectivity index (χ0) is 76.9. The molecule has 38 heteroatoms. The fourth-order valence-corrected chi connectivity index (χ4v) is 11.6. The summed E-state index contributed by atoms with van der Waals surface area (Å²) in [6.45, 7) is 6.42. The third kappa shape index (κ3) is 32.7. The highest BCUT2D eigenvalue weighted by molar-refractivity contribution is 7.98. The number of aliphatic carboxylic acids is 1. The average molecular weight is 1500 g/mol. The Morgan fingerprint density at radius 2 is 1.01 bits per heavy atom. The minimum absolute atomic E-state index is 0.0126. The highest BCUT2D eigenvalue weighted by Crippen LogP contribution is 2.22. The molecule has 0 aliphatic carbocycles. The van der Waals surface area contributed by atoms with Gasteiger partial charge >= 0.3 is 5.97 Å². The predicted octanol–water partition coefficient (Wildman–Crippen LogP) is -4.46. The van der Waals surface area contributed by atoms with Gasteiger partial charge in [-0.3, -0.25) is 67.7 Å². The molecule has 26 N–H and O–H groups in total. The fourth-order valence-electron chi connectivity index (χ4n) is 10.6. The largest absolute Gasteiger partial charge is 0.508 e. The van der Waals surface area contributed by atoms with E-state index >= 15 is 0 Å². The number of carboxylic acids is 1. The van der Waals surface area contributed by atoms with Gasteiger partial charge in [-0.15, -0.1) is 0 Å². The lowest BCUT2D eigenvalue weighted by Gasteiger charge is -2.31. The van der Waals surface area contributed by atoms with E-state index in [0.717, 1.165) is 0 Å². The Labute approximate surface area is 614 Å². The molecule has 0 unspecified atom stereocenters. The number of guanidine groups is 3. The van der Waals surface area contributed by atoms with E-state index in [0.29, 0.717) is 29.7 Å². The fraction of sp³-hybridized carbons (Fsp3) is 0.585. The molecule has 11 amide bonds. The number of phenols is 1. The summed E-state index contributed by atoms with van der Waals surface area (Å²) in [6, 6.07) is 0.0489. The van der Waals surface area contributed by atoms with Gasteiger partial charge in [0, 0.05) is 50.5 Å². The van der Waals surface area contributed by atoms with Crippen LogP contribution in [0.4, 0.5) is 0 Å². The quantitative estimate of drug-likeness (QED) is 0.0129. The van der Waals surface area contributed by atoms with E-state index in [2.05, 4.69) is 93.4 Å². The van der Waals surface area contributed by atoms with Crippen LogP contribution in [0.5, 0.6) is 5.75 Å². The molecule has 0 radical (unpaired) electrons. The number of aromatic hydroxyl groups is 1. The molecule has 1 aliphatic heterocycles. The van der Waals surface area contributed by atoms with Crippen molar-refractivity contribution in [3.8, 4) is 5.75 Å². The normalized spacial score (nSPS) is 15.4. The molecule has 572 valence electrons. The van der Waals surface area contributed by atoms with E-state index in [-0.39, 0.29) is 131 Å². The van der Waals surface area contributed by atoms with Crippen molar-refractivity contribution in [1.29, 1.82) is 0 Å². The van der Waals surface area contributed by atoms with Crippen LogP contribution in [-0.4, -0.2) is 227 Å². The maximum Gasteiger partial charge on any atom is 0.326 e. The molecule has 1 aliphatic rings. The van der Waals surface area contributed by atoms with Crippen molar-refractivity contribution in [3.05, 3.63) is 65.7 Å². The van der Waals surface area contributed by atoms with E-state index in [4.69, 9.17) is 40.1 Å². The van der Waals surface area contributed by atoms with Crippen molar-refractivity contribution in [2.24, 2.45) is 66.9 Å². The summed E-state index contributed by atoms with van der Waals surface area (Å²) in [5.74, 6) is -11.6. The number of phenolic OH excluding ortho intramolecular Hbond substituents is 1. The molecule has 0 bridgehead atoms. The van der Waals surface area contributed by atoms with E-state index in [1.807, 2.05) is 0 Å². The van der Waals surface area contributed by atoms with Gasteiger partial charge < -0.3 is 108 Å². The number of carboxylic acid groups (broad SMARTS) is 1. The Hall–Kier alpha value is -9.30. The van der Waals surface area contributed by atoms with Crippen molar-refractivity contribution in [1.82, 2.24) is 58.1 Å². The number of thioether (sulfide) groups is 1. The molecule has 3 rings (SSSR count). The molecule has 2 aromatic carbocycles. The zero-order valence-electron chi connectivity index (χ0n) is 58.8. The minimum Gasteiger partial charge on any atom is -0.508 e. The number of carbonyl (C=O) groups is 12. The number of hydrogen-bond donors (Lipinski definition) is 21. The number of benzene rings is 2. The van der Waals surface area contributed by atoms with Crippen LogP contribution < -0.4 is 93.3 Å². The van der Waals surface area contributed by atoms with Gasteiger partial charge in [0.05, 0.1) is 12.6 Å². The second-order valence-electron chi connectivity index (χ2n) is 25.3. The Kier molecular flexibility index (Phi) is 39.6.